The van der Waals surface area contributed by atoms with E-state index in [9.17, 15) is 4.79 Å². The zero-order valence-corrected chi connectivity index (χ0v) is 8.86. The van der Waals surface area contributed by atoms with E-state index in [1.165, 1.54) is 5.56 Å². The van der Waals surface area contributed by atoms with E-state index in [2.05, 4.69) is 11.1 Å². The summed E-state index contributed by atoms with van der Waals surface area (Å²) >= 11 is 0. The smallest absolute Gasteiger partial charge is 0.408 e. The molecule has 0 aliphatic carbocycles. The second-order valence-corrected chi connectivity index (χ2v) is 4.16. The first-order chi connectivity index (χ1) is 7.83. The van der Waals surface area contributed by atoms with Gasteiger partial charge in [-0.25, -0.2) is 4.79 Å². The van der Waals surface area contributed by atoms with Gasteiger partial charge in [-0.2, -0.15) is 0 Å². The Morgan fingerprint density at radius 3 is 2.88 bits per heavy atom. The number of fused-ring (bicyclic) bond motifs is 1. The molecule has 1 aliphatic heterocycles. The van der Waals surface area contributed by atoms with Crippen molar-refractivity contribution in [2.24, 2.45) is 0 Å². The van der Waals surface area contributed by atoms with Crippen LogP contribution in [0.5, 0.6) is 0 Å². The molecular weight excluding hydrogens is 206 g/mol. The molecule has 3 rings (SSSR count). The summed E-state index contributed by atoms with van der Waals surface area (Å²) in [5, 5.41) is 0. The third kappa shape index (κ3) is 1.65. The van der Waals surface area contributed by atoms with Crippen molar-refractivity contribution in [3.63, 3.8) is 0 Å². The minimum absolute atomic E-state index is 0.390. The minimum Gasteiger partial charge on any atom is -0.408 e. The highest BCUT2D eigenvalue weighted by Gasteiger charge is 2.16. The molecule has 0 radical (unpaired) electrons. The van der Waals surface area contributed by atoms with Crippen molar-refractivity contribution < 1.29 is 9.15 Å². The van der Waals surface area contributed by atoms with Crippen LogP contribution in [-0.4, -0.2) is 18.2 Å². The molecule has 84 valence electrons. The molecule has 16 heavy (non-hydrogen) atoms. The highest BCUT2D eigenvalue weighted by molar-refractivity contribution is 5.72. The molecule has 4 heteroatoms. The Bertz CT molecular complexity index is 549. The summed E-state index contributed by atoms with van der Waals surface area (Å²) in [4.78, 5) is 13.7. The van der Waals surface area contributed by atoms with Gasteiger partial charge in [0.05, 0.1) is 5.52 Å². The van der Waals surface area contributed by atoms with Gasteiger partial charge < -0.3 is 9.15 Å². The van der Waals surface area contributed by atoms with Crippen LogP contribution in [0.2, 0.25) is 0 Å². The van der Waals surface area contributed by atoms with Crippen LogP contribution >= 0.6 is 0 Å². The lowest BCUT2D eigenvalue weighted by Gasteiger charge is -2.22. The molecular formula is C12H13NO3. The predicted octanol–water partition coefficient (Wildman–Crippen LogP) is 2.02. The van der Waals surface area contributed by atoms with Gasteiger partial charge in [0.15, 0.2) is 5.58 Å². The average molecular weight is 219 g/mol. The highest BCUT2D eigenvalue weighted by Crippen LogP contribution is 2.28. The molecule has 1 aromatic carbocycles. The number of benzene rings is 1. The third-order valence-electron chi connectivity index (χ3n) is 3.14. The standard InChI is InChI=1S/C12H13NO3/c14-12-13-10-2-1-9(7-11(10)16-12)8-3-5-15-6-4-8/h1-2,7-8H,3-6H2,(H,13,14). The van der Waals surface area contributed by atoms with Gasteiger partial charge in [0.25, 0.3) is 0 Å². The van der Waals surface area contributed by atoms with E-state index in [4.69, 9.17) is 9.15 Å². The van der Waals surface area contributed by atoms with Gasteiger partial charge in [0.1, 0.15) is 0 Å². The number of ether oxygens (including phenoxy) is 1. The zero-order valence-electron chi connectivity index (χ0n) is 8.86. The number of rotatable bonds is 1. The third-order valence-corrected chi connectivity index (χ3v) is 3.14. The molecule has 0 bridgehead atoms. The van der Waals surface area contributed by atoms with Gasteiger partial charge in [-0.3, -0.25) is 4.98 Å². The molecule has 1 N–H and O–H groups in total. The van der Waals surface area contributed by atoms with Crippen LogP contribution in [0.1, 0.15) is 24.3 Å². The molecule has 0 atom stereocenters. The van der Waals surface area contributed by atoms with Crippen molar-refractivity contribution in [3.8, 4) is 0 Å². The van der Waals surface area contributed by atoms with Gasteiger partial charge in [0.2, 0.25) is 0 Å². The maximum atomic E-state index is 11.0. The Kier molecular flexibility index (Phi) is 2.29. The molecule has 0 saturated carbocycles. The fraction of sp³-hybridized carbons (Fsp3) is 0.417. The van der Waals surface area contributed by atoms with Crippen molar-refractivity contribution >= 4 is 11.1 Å². The van der Waals surface area contributed by atoms with Gasteiger partial charge in [0, 0.05) is 13.2 Å². The second-order valence-electron chi connectivity index (χ2n) is 4.16. The van der Waals surface area contributed by atoms with Crippen LogP contribution in [0.15, 0.2) is 27.4 Å². The van der Waals surface area contributed by atoms with Crippen LogP contribution < -0.4 is 5.76 Å². The van der Waals surface area contributed by atoms with E-state index in [1.807, 2.05) is 12.1 Å². The minimum atomic E-state index is -0.390. The lowest BCUT2D eigenvalue weighted by Crippen LogP contribution is -2.13. The Balaban J connectivity index is 2.00. The largest absolute Gasteiger partial charge is 0.417 e. The normalized spacial score (nSPS) is 18.0. The molecule has 2 heterocycles. The van der Waals surface area contributed by atoms with E-state index in [-0.39, 0.29) is 5.76 Å². The van der Waals surface area contributed by atoms with Crippen LogP contribution in [0.3, 0.4) is 0 Å². The first kappa shape index (κ1) is 9.66. The van der Waals surface area contributed by atoms with Gasteiger partial charge >= 0.3 is 5.76 Å². The van der Waals surface area contributed by atoms with Gasteiger partial charge in [-0.15, -0.1) is 0 Å². The molecule has 0 unspecified atom stereocenters. The fourth-order valence-electron chi connectivity index (χ4n) is 2.25. The molecule has 2 aromatic rings. The summed E-state index contributed by atoms with van der Waals surface area (Å²) in [5.74, 6) is 0.137. The number of nitrogens with one attached hydrogen (secondary N) is 1. The Morgan fingerprint density at radius 1 is 1.25 bits per heavy atom. The molecule has 0 amide bonds. The fourth-order valence-corrected chi connectivity index (χ4v) is 2.25. The monoisotopic (exact) mass is 219 g/mol. The van der Waals surface area contributed by atoms with Crippen LogP contribution in [0.25, 0.3) is 11.1 Å². The predicted molar refractivity (Wildman–Crippen MR) is 59.6 cm³/mol. The number of H-pyrrole nitrogens is 1. The van der Waals surface area contributed by atoms with Crippen molar-refractivity contribution in [2.75, 3.05) is 13.2 Å². The van der Waals surface area contributed by atoms with Crippen LogP contribution in [-0.2, 0) is 4.74 Å². The van der Waals surface area contributed by atoms with E-state index in [1.54, 1.807) is 0 Å². The summed E-state index contributed by atoms with van der Waals surface area (Å²) in [5.41, 5.74) is 2.65. The molecule has 1 fully saturated rings. The summed E-state index contributed by atoms with van der Waals surface area (Å²) in [6.07, 6.45) is 2.08. The Labute approximate surface area is 92.2 Å². The van der Waals surface area contributed by atoms with E-state index >= 15 is 0 Å². The van der Waals surface area contributed by atoms with Crippen molar-refractivity contribution in [2.45, 2.75) is 18.8 Å². The summed E-state index contributed by atoms with van der Waals surface area (Å²) in [6, 6.07) is 5.93. The first-order valence-electron chi connectivity index (χ1n) is 5.53. The van der Waals surface area contributed by atoms with Crippen molar-refractivity contribution in [3.05, 3.63) is 34.3 Å². The number of aromatic amines is 1. The number of hydrogen-bond donors (Lipinski definition) is 1. The van der Waals surface area contributed by atoms with E-state index in [0.717, 1.165) is 31.6 Å². The SMILES string of the molecule is O=c1[nH]c2ccc(C3CCOCC3)cc2o1. The molecule has 1 saturated heterocycles. The van der Waals surface area contributed by atoms with E-state index < -0.39 is 0 Å². The van der Waals surface area contributed by atoms with Crippen molar-refractivity contribution in [1.29, 1.82) is 0 Å². The molecule has 0 spiro atoms. The quantitative estimate of drug-likeness (QED) is 0.798. The van der Waals surface area contributed by atoms with Gasteiger partial charge in [-0.1, -0.05) is 6.07 Å². The second kappa shape index (κ2) is 3.79. The first-order valence-corrected chi connectivity index (χ1v) is 5.53. The van der Waals surface area contributed by atoms with E-state index in [0.29, 0.717) is 11.5 Å². The number of aromatic nitrogens is 1. The van der Waals surface area contributed by atoms with Gasteiger partial charge in [-0.05, 0) is 36.5 Å². The topological polar surface area (TPSA) is 55.2 Å². The Hall–Kier alpha value is -1.55. The number of oxazole rings is 1. The van der Waals surface area contributed by atoms with Crippen LogP contribution in [0.4, 0.5) is 0 Å². The number of hydrogen-bond acceptors (Lipinski definition) is 3. The van der Waals surface area contributed by atoms with Crippen molar-refractivity contribution in [1.82, 2.24) is 4.98 Å². The average Bonchev–Trinajstić information content (AvgIpc) is 2.69. The Morgan fingerprint density at radius 2 is 2.06 bits per heavy atom. The molecule has 1 aromatic heterocycles. The highest BCUT2D eigenvalue weighted by atomic mass is 16.5. The maximum Gasteiger partial charge on any atom is 0.417 e. The van der Waals surface area contributed by atoms with Crippen LogP contribution in [0, 0.1) is 0 Å². The lowest BCUT2D eigenvalue weighted by atomic mass is 9.92. The maximum absolute atomic E-state index is 11.0. The summed E-state index contributed by atoms with van der Waals surface area (Å²) in [7, 11) is 0. The molecule has 1 aliphatic rings. The zero-order chi connectivity index (χ0) is 11.0. The molecule has 4 nitrogen and oxygen atoms in total. The summed E-state index contributed by atoms with van der Waals surface area (Å²) < 4.78 is 10.4. The lowest BCUT2D eigenvalue weighted by molar-refractivity contribution is 0.0853. The summed E-state index contributed by atoms with van der Waals surface area (Å²) in [6.45, 7) is 1.64.